The van der Waals surface area contributed by atoms with Crippen LogP contribution >= 0.6 is 0 Å². The topological polar surface area (TPSA) is 62.2 Å². The van der Waals surface area contributed by atoms with Gasteiger partial charge in [0.05, 0.1) is 0 Å². The van der Waals surface area contributed by atoms with E-state index in [1.54, 1.807) is 24.3 Å². The van der Waals surface area contributed by atoms with Crippen molar-refractivity contribution >= 4 is 29.0 Å². The van der Waals surface area contributed by atoms with Crippen molar-refractivity contribution in [1.29, 1.82) is 0 Å². The van der Waals surface area contributed by atoms with Gasteiger partial charge >= 0.3 is 7.12 Å². The fourth-order valence-electron chi connectivity index (χ4n) is 3.19. The summed E-state index contributed by atoms with van der Waals surface area (Å²) in [5.41, 5.74) is 1.34. The van der Waals surface area contributed by atoms with Crippen LogP contribution in [-0.2, 0) is 0 Å². The monoisotopic (exact) mass is 399 g/mol. The van der Waals surface area contributed by atoms with Crippen LogP contribution in [0, 0.1) is 0 Å². The molecule has 0 radical (unpaired) electrons. The minimum Gasteiger partial charge on any atom is -0.457 e. The Morgan fingerprint density at radius 3 is 2.07 bits per heavy atom. The van der Waals surface area contributed by atoms with Gasteiger partial charge in [-0.15, -0.1) is 0 Å². The van der Waals surface area contributed by atoms with E-state index in [1.807, 2.05) is 67.5 Å². The van der Waals surface area contributed by atoms with E-state index in [9.17, 15) is 10.0 Å². The summed E-state index contributed by atoms with van der Waals surface area (Å²) in [6, 6.07) is 26.4. The standard InChI is InChI=1S/C24H22BNO4/c1-26(2)19-14-21(29-20-12-10-18(11-13-20)25(27)28)16-22(15-19)30-24-9-5-7-17-6-3-4-8-23(17)24/h3-16,27-28H,1-2H3. The van der Waals surface area contributed by atoms with Crippen LogP contribution in [0.15, 0.2) is 84.9 Å². The molecule has 6 heteroatoms. The molecule has 0 unspecified atom stereocenters. The first-order chi connectivity index (χ1) is 14.5. The lowest BCUT2D eigenvalue weighted by Crippen LogP contribution is -2.29. The third kappa shape index (κ3) is 4.40. The zero-order valence-corrected chi connectivity index (χ0v) is 16.8. The molecular formula is C24H22BNO4. The lowest BCUT2D eigenvalue weighted by molar-refractivity contribution is 0.425. The molecule has 2 N–H and O–H groups in total. The second-order valence-electron chi connectivity index (χ2n) is 7.18. The van der Waals surface area contributed by atoms with Gasteiger partial charge in [0.1, 0.15) is 23.0 Å². The van der Waals surface area contributed by atoms with Crippen molar-refractivity contribution < 1.29 is 19.5 Å². The molecule has 0 bridgehead atoms. The summed E-state index contributed by atoms with van der Waals surface area (Å²) >= 11 is 0. The number of fused-ring (bicyclic) bond motifs is 1. The zero-order valence-electron chi connectivity index (χ0n) is 16.8. The van der Waals surface area contributed by atoms with Crippen molar-refractivity contribution in [2.75, 3.05) is 19.0 Å². The molecule has 0 amide bonds. The lowest BCUT2D eigenvalue weighted by atomic mass is 9.80. The van der Waals surface area contributed by atoms with E-state index in [4.69, 9.17) is 9.47 Å². The molecular weight excluding hydrogens is 377 g/mol. The molecule has 4 rings (SSSR count). The van der Waals surface area contributed by atoms with Gasteiger partial charge in [-0.25, -0.2) is 0 Å². The van der Waals surface area contributed by atoms with E-state index in [0.717, 1.165) is 22.2 Å². The van der Waals surface area contributed by atoms with E-state index >= 15 is 0 Å². The average molecular weight is 399 g/mol. The predicted molar refractivity (Wildman–Crippen MR) is 121 cm³/mol. The molecule has 0 spiro atoms. The molecule has 0 saturated carbocycles. The number of rotatable bonds is 6. The first-order valence-electron chi connectivity index (χ1n) is 9.61. The summed E-state index contributed by atoms with van der Waals surface area (Å²) in [5, 5.41) is 20.6. The zero-order chi connectivity index (χ0) is 21.1. The Kier molecular flexibility index (Phi) is 5.61. The Balaban J connectivity index is 1.66. The van der Waals surface area contributed by atoms with Gasteiger partial charge in [0.25, 0.3) is 0 Å². The number of benzene rings is 4. The predicted octanol–water partition coefficient (Wildman–Crippen LogP) is 4.17. The Bertz CT molecular complexity index is 1150. The Morgan fingerprint density at radius 2 is 1.37 bits per heavy atom. The molecule has 0 fully saturated rings. The van der Waals surface area contributed by atoms with Crippen LogP contribution in [0.25, 0.3) is 10.8 Å². The van der Waals surface area contributed by atoms with Crippen LogP contribution in [0.4, 0.5) is 5.69 Å². The van der Waals surface area contributed by atoms with Crippen LogP contribution < -0.4 is 19.8 Å². The third-order valence-corrected chi connectivity index (χ3v) is 4.77. The van der Waals surface area contributed by atoms with Gasteiger partial charge in [-0.1, -0.05) is 48.5 Å². The van der Waals surface area contributed by atoms with Crippen LogP contribution in [0.1, 0.15) is 0 Å². The van der Waals surface area contributed by atoms with Crippen molar-refractivity contribution in [2.24, 2.45) is 0 Å². The normalized spacial score (nSPS) is 10.7. The van der Waals surface area contributed by atoms with Gasteiger partial charge in [0, 0.05) is 43.4 Å². The minimum absolute atomic E-state index is 0.407. The smallest absolute Gasteiger partial charge is 0.457 e. The molecule has 30 heavy (non-hydrogen) atoms. The fourth-order valence-corrected chi connectivity index (χ4v) is 3.19. The number of anilines is 1. The van der Waals surface area contributed by atoms with E-state index in [2.05, 4.69) is 12.1 Å². The Morgan fingerprint density at radius 1 is 0.700 bits per heavy atom. The second-order valence-corrected chi connectivity index (χ2v) is 7.18. The maximum atomic E-state index is 9.25. The summed E-state index contributed by atoms with van der Waals surface area (Å²) in [5.74, 6) is 2.64. The summed E-state index contributed by atoms with van der Waals surface area (Å²) in [6.45, 7) is 0. The highest BCUT2D eigenvalue weighted by molar-refractivity contribution is 6.58. The molecule has 4 aromatic rings. The third-order valence-electron chi connectivity index (χ3n) is 4.77. The van der Waals surface area contributed by atoms with Crippen molar-refractivity contribution in [3.05, 3.63) is 84.9 Å². The van der Waals surface area contributed by atoms with Gasteiger partial charge < -0.3 is 24.4 Å². The second kappa shape index (κ2) is 8.49. The van der Waals surface area contributed by atoms with E-state index in [-0.39, 0.29) is 0 Å². The summed E-state index contributed by atoms with van der Waals surface area (Å²) in [6.07, 6.45) is 0. The molecule has 0 saturated heterocycles. The molecule has 0 heterocycles. The SMILES string of the molecule is CN(C)c1cc(Oc2ccc(B(O)O)cc2)cc(Oc2cccc3ccccc23)c1. The molecule has 5 nitrogen and oxygen atoms in total. The largest absolute Gasteiger partial charge is 0.488 e. The summed E-state index contributed by atoms with van der Waals surface area (Å²) < 4.78 is 12.2. The minimum atomic E-state index is -1.50. The highest BCUT2D eigenvalue weighted by Gasteiger charge is 2.12. The van der Waals surface area contributed by atoms with Gasteiger partial charge in [-0.05, 0) is 29.0 Å². The average Bonchev–Trinajstić information content (AvgIpc) is 2.74. The number of hydrogen-bond donors (Lipinski definition) is 2. The van der Waals surface area contributed by atoms with E-state index in [0.29, 0.717) is 22.7 Å². The maximum absolute atomic E-state index is 9.25. The summed E-state index contributed by atoms with van der Waals surface area (Å²) in [4.78, 5) is 1.98. The highest BCUT2D eigenvalue weighted by atomic mass is 16.5. The maximum Gasteiger partial charge on any atom is 0.488 e. The van der Waals surface area contributed by atoms with Gasteiger partial charge in [-0.2, -0.15) is 0 Å². The Hall–Kier alpha value is -3.48. The van der Waals surface area contributed by atoms with Crippen molar-refractivity contribution in [1.82, 2.24) is 0 Å². The highest BCUT2D eigenvalue weighted by Crippen LogP contribution is 2.35. The molecule has 0 atom stereocenters. The van der Waals surface area contributed by atoms with Gasteiger partial charge in [0.2, 0.25) is 0 Å². The number of hydrogen-bond acceptors (Lipinski definition) is 5. The van der Waals surface area contributed by atoms with Gasteiger partial charge in [0.15, 0.2) is 0 Å². The molecule has 0 aliphatic heterocycles. The van der Waals surface area contributed by atoms with Crippen LogP contribution in [-0.4, -0.2) is 31.3 Å². The van der Waals surface area contributed by atoms with Crippen LogP contribution in [0.5, 0.6) is 23.0 Å². The quantitative estimate of drug-likeness (QED) is 0.477. The molecule has 4 aromatic carbocycles. The van der Waals surface area contributed by atoms with Crippen molar-refractivity contribution in [3.8, 4) is 23.0 Å². The first-order valence-corrected chi connectivity index (χ1v) is 9.61. The van der Waals surface area contributed by atoms with Crippen molar-refractivity contribution in [3.63, 3.8) is 0 Å². The van der Waals surface area contributed by atoms with E-state index in [1.165, 1.54) is 0 Å². The molecule has 150 valence electrons. The van der Waals surface area contributed by atoms with Crippen LogP contribution in [0.3, 0.4) is 0 Å². The fraction of sp³-hybridized carbons (Fsp3) is 0.0833. The number of ether oxygens (including phenoxy) is 2. The van der Waals surface area contributed by atoms with Crippen molar-refractivity contribution in [2.45, 2.75) is 0 Å². The molecule has 0 aliphatic rings. The van der Waals surface area contributed by atoms with Gasteiger partial charge in [-0.3, -0.25) is 0 Å². The van der Waals surface area contributed by atoms with Crippen LogP contribution in [0.2, 0.25) is 0 Å². The molecule has 0 aliphatic carbocycles. The first kappa shape index (κ1) is 19.8. The molecule has 0 aromatic heterocycles. The van der Waals surface area contributed by atoms with E-state index < -0.39 is 7.12 Å². The number of nitrogens with zero attached hydrogens (tertiary/aromatic N) is 1. The lowest BCUT2D eigenvalue weighted by Gasteiger charge is -2.17. The summed E-state index contributed by atoms with van der Waals surface area (Å²) in [7, 11) is 2.41. The Labute approximate surface area is 175 Å².